The van der Waals surface area contributed by atoms with Crippen molar-refractivity contribution >= 4 is 5.69 Å². The molecule has 1 aliphatic carbocycles. The summed E-state index contributed by atoms with van der Waals surface area (Å²) in [7, 11) is 0. The van der Waals surface area contributed by atoms with Crippen LogP contribution in [0, 0.1) is 11.2 Å². The number of halogens is 1. The number of nitrogens with zero attached hydrogens (tertiary/aromatic N) is 1. The van der Waals surface area contributed by atoms with Crippen molar-refractivity contribution in [1.29, 1.82) is 0 Å². The van der Waals surface area contributed by atoms with E-state index in [0.717, 1.165) is 24.3 Å². The highest BCUT2D eigenvalue weighted by Crippen LogP contribution is 2.45. The molecule has 1 saturated carbocycles. The lowest BCUT2D eigenvalue weighted by molar-refractivity contribution is 0.179. The molecule has 0 aromatic heterocycles. The fourth-order valence-corrected chi connectivity index (χ4v) is 3.66. The van der Waals surface area contributed by atoms with E-state index in [1.54, 1.807) is 6.07 Å². The zero-order valence-electron chi connectivity index (χ0n) is 11.5. The predicted molar refractivity (Wildman–Crippen MR) is 76.6 cm³/mol. The Morgan fingerprint density at radius 3 is 2.37 bits per heavy atom. The van der Waals surface area contributed by atoms with Gasteiger partial charge in [-0.1, -0.05) is 31.7 Å². The van der Waals surface area contributed by atoms with E-state index in [0.29, 0.717) is 12.0 Å². The lowest BCUT2D eigenvalue weighted by atomic mass is 9.73. The Morgan fingerprint density at radius 1 is 1.11 bits per heavy atom. The van der Waals surface area contributed by atoms with Crippen LogP contribution in [0.25, 0.3) is 0 Å². The van der Waals surface area contributed by atoms with E-state index in [9.17, 15) is 4.39 Å². The van der Waals surface area contributed by atoms with Gasteiger partial charge in [0, 0.05) is 25.0 Å². The molecule has 3 rings (SSSR count). The second-order valence-corrected chi connectivity index (χ2v) is 6.26. The predicted octanol–water partition coefficient (Wildman–Crippen LogP) is 3.45. The highest BCUT2D eigenvalue weighted by Gasteiger charge is 2.43. The summed E-state index contributed by atoms with van der Waals surface area (Å²) in [5, 5.41) is 0. The van der Waals surface area contributed by atoms with Crippen LogP contribution in [0.15, 0.2) is 18.2 Å². The molecule has 1 spiro atoms. The first-order valence-electron chi connectivity index (χ1n) is 7.46. The summed E-state index contributed by atoms with van der Waals surface area (Å²) in [5.41, 5.74) is 7.65. The van der Waals surface area contributed by atoms with Gasteiger partial charge in [0.05, 0.1) is 5.69 Å². The zero-order chi connectivity index (χ0) is 13.3. The molecule has 2 aliphatic rings. The summed E-state index contributed by atoms with van der Waals surface area (Å²) in [6, 6.07) is 5.41. The second-order valence-electron chi connectivity index (χ2n) is 6.26. The van der Waals surface area contributed by atoms with Crippen LogP contribution in [0.2, 0.25) is 0 Å². The molecular formula is C16H23FN2. The van der Waals surface area contributed by atoms with Crippen LogP contribution >= 0.6 is 0 Å². The number of hydrogen-bond donors (Lipinski definition) is 1. The first-order valence-corrected chi connectivity index (χ1v) is 7.46. The van der Waals surface area contributed by atoms with Gasteiger partial charge in [0.15, 0.2) is 0 Å². The molecule has 2 fully saturated rings. The Bertz CT molecular complexity index is 442. The molecule has 19 heavy (non-hydrogen) atoms. The van der Waals surface area contributed by atoms with E-state index < -0.39 is 0 Å². The lowest BCUT2D eigenvalue weighted by Crippen LogP contribution is -2.56. The third-order valence-electron chi connectivity index (χ3n) is 4.81. The van der Waals surface area contributed by atoms with Gasteiger partial charge < -0.3 is 10.6 Å². The van der Waals surface area contributed by atoms with Crippen molar-refractivity contribution in [3.8, 4) is 0 Å². The van der Waals surface area contributed by atoms with Crippen molar-refractivity contribution in [2.75, 3.05) is 18.0 Å². The molecule has 2 nitrogen and oxygen atoms in total. The zero-order valence-corrected chi connectivity index (χ0v) is 11.5. The maximum Gasteiger partial charge on any atom is 0.146 e. The molecular weight excluding hydrogens is 239 g/mol. The number of nitrogens with two attached hydrogens (primary N) is 1. The molecule has 1 aromatic carbocycles. The highest BCUT2D eigenvalue weighted by atomic mass is 19.1. The molecule has 0 unspecified atom stereocenters. The quantitative estimate of drug-likeness (QED) is 0.884. The minimum Gasteiger partial charge on any atom is -0.368 e. The number of rotatable bonds is 2. The molecule has 3 heteroatoms. The van der Waals surface area contributed by atoms with Gasteiger partial charge in [0.2, 0.25) is 0 Å². The second kappa shape index (κ2) is 5.12. The van der Waals surface area contributed by atoms with Crippen molar-refractivity contribution in [1.82, 2.24) is 0 Å². The number of benzene rings is 1. The largest absolute Gasteiger partial charge is 0.368 e. The first-order chi connectivity index (χ1) is 9.22. The van der Waals surface area contributed by atoms with Crippen molar-refractivity contribution in [3.63, 3.8) is 0 Å². The van der Waals surface area contributed by atoms with E-state index in [-0.39, 0.29) is 5.82 Å². The van der Waals surface area contributed by atoms with Crippen LogP contribution in [-0.2, 0) is 6.54 Å². The minimum atomic E-state index is -0.119. The van der Waals surface area contributed by atoms with Crippen LogP contribution < -0.4 is 10.6 Å². The Morgan fingerprint density at radius 2 is 1.79 bits per heavy atom. The molecule has 0 amide bonds. The van der Waals surface area contributed by atoms with Crippen LogP contribution in [-0.4, -0.2) is 13.1 Å². The summed E-state index contributed by atoms with van der Waals surface area (Å²) in [5.74, 6) is -0.119. The summed E-state index contributed by atoms with van der Waals surface area (Å²) in [4.78, 5) is 2.20. The Hall–Kier alpha value is -1.09. The summed E-state index contributed by atoms with van der Waals surface area (Å²) in [6.45, 7) is 2.47. The third kappa shape index (κ3) is 2.48. The van der Waals surface area contributed by atoms with Gasteiger partial charge in [0.1, 0.15) is 5.82 Å². The molecule has 0 radical (unpaired) electrons. The fourth-order valence-electron chi connectivity index (χ4n) is 3.66. The van der Waals surface area contributed by atoms with Crippen molar-refractivity contribution < 1.29 is 4.39 Å². The van der Waals surface area contributed by atoms with Gasteiger partial charge in [-0.3, -0.25) is 0 Å². The summed E-state index contributed by atoms with van der Waals surface area (Å²) in [6.07, 6.45) is 8.10. The molecule has 104 valence electrons. The Kier molecular flexibility index (Phi) is 3.48. The van der Waals surface area contributed by atoms with E-state index in [4.69, 9.17) is 5.73 Å². The molecule has 0 atom stereocenters. The first kappa shape index (κ1) is 12.9. The van der Waals surface area contributed by atoms with Gasteiger partial charge in [0.25, 0.3) is 0 Å². The summed E-state index contributed by atoms with van der Waals surface area (Å²) >= 11 is 0. The van der Waals surface area contributed by atoms with E-state index in [1.807, 2.05) is 12.1 Å². The maximum absolute atomic E-state index is 14.0. The monoisotopic (exact) mass is 262 g/mol. The molecule has 1 aromatic rings. The highest BCUT2D eigenvalue weighted by molar-refractivity contribution is 5.52. The minimum absolute atomic E-state index is 0.119. The van der Waals surface area contributed by atoms with Crippen LogP contribution in [0.4, 0.5) is 10.1 Å². The summed E-state index contributed by atoms with van der Waals surface area (Å²) < 4.78 is 14.0. The average Bonchev–Trinajstić information content (AvgIpc) is 2.63. The molecule has 1 saturated heterocycles. The van der Waals surface area contributed by atoms with E-state index >= 15 is 0 Å². The Balaban J connectivity index is 1.69. The maximum atomic E-state index is 14.0. The Labute approximate surface area is 114 Å². The van der Waals surface area contributed by atoms with Crippen LogP contribution in [0.1, 0.15) is 44.1 Å². The fraction of sp³-hybridized carbons (Fsp3) is 0.625. The van der Waals surface area contributed by atoms with E-state index in [1.165, 1.54) is 38.5 Å². The molecule has 2 N–H and O–H groups in total. The molecule has 0 bridgehead atoms. The van der Waals surface area contributed by atoms with Gasteiger partial charge in [-0.15, -0.1) is 0 Å². The van der Waals surface area contributed by atoms with E-state index in [2.05, 4.69) is 4.90 Å². The van der Waals surface area contributed by atoms with Gasteiger partial charge in [-0.2, -0.15) is 0 Å². The van der Waals surface area contributed by atoms with Crippen molar-refractivity contribution in [2.45, 2.75) is 45.1 Å². The smallest absolute Gasteiger partial charge is 0.146 e. The van der Waals surface area contributed by atoms with Crippen molar-refractivity contribution in [2.24, 2.45) is 11.1 Å². The molecule has 1 aliphatic heterocycles. The van der Waals surface area contributed by atoms with Crippen LogP contribution in [0.5, 0.6) is 0 Å². The average molecular weight is 262 g/mol. The molecule has 1 heterocycles. The van der Waals surface area contributed by atoms with Gasteiger partial charge >= 0.3 is 0 Å². The van der Waals surface area contributed by atoms with Gasteiger partial charge in [-0.05, 0) is 30.5 Å². The number of hydrogen-bond acceptors (Lipinski definition) is 2. The van der Waals surface area contributed by atoms with Crippen molar-refractivity contribution in [3.05, 3.63) is 29.6 Å². The normalized spacial score (nSPS) is 22.1. The third-order valence-corrected chi connectivity index (χ3v) is 4.81. The van der Waals surface area contributed by atoms with Gasteiger partial charge in [-0.25, -0.2) is 4.39 Å². The topological polar surface area (TPSA) is 29.3 Å². The SMILES string of the molecule is NCc1ccc(N2CC3(CCCCCC3)C2)c(F)c1. The lowest BCUT2D eigenvalue weighted by Gasteiger charge is -2.51. The van der Waals surface area contributed by atoms with Crippen LogP contribution in [0.3, 0.4) is 0 Å². The number of anilines is 1. The standard InChI is InChI=1S/C16H23FN2/c17-14-9-13(10-18)5-6-15(14)19-11-16(12-19)7-3-1-2-4-8-16/h5-6,9H,1-4,7-8,10-12,18H2.